The third-order valence-corrected chi connectivity index (χ3v) is 2.66. The van der Waals surface area contributed by atoms with Crippen LogP contribution in [-0.4, -0.2) is 11.1 Å². The number of benzene rings is 1. The second-order valence-corrected chi connectivity index (χ2v) is 3.72. The Morgan fingerprint density at radius 3 is 2.64 bits per heavy atom. The fourth-order valence-electron chi connectivity index (χ4n) is 1.73. The second-order valence-electron chi connectivity index (χ2n) is 3.72. The van der Waals surface area contributed by atoms with E-state index in [1.807, 2.05) is 0 Å². The van der Waals surface area contributed by atoms with Crippen LogP contribution in [0.1, 0.15) is 40.2 Å². The van der Waals surface area contributed by atoms with E-state index < -0.39 is 11.8 Å². The molecule has 1 saturated carbocycles. The maximum absolute atomic E-state index is 13.1. The van der Waals surface area contributed by atoms with Crippen LogP contribution < -0.4 is 0 Å². The van der Waals surface area contributed by atoms with Crippen molar-refractivity contribution in [2.24, 2.45) is 0 Å². The van der Waals surface area contributed by atoms with Gasteiger partial charge in [-0.1, -0.05) is 6.07 Å². The lowest BCUT2D eigenvalue weighted by molar-refractivity contribution is 0.0694. The largest absolute Gasteiger partial charge is 0.478 e. The summed E-state index contributed by atoms with van der Waals surface area (Å²) in [4.78, 5) is 11.0. The van der Waals surface area contributed by atoms with Gasteiger partial charge in [0.1, 0.15) is 5.82 Å². The van der Waals surface area contributed by atoms with Crippen molar-refractivity contribution >= 4 is 5.97 Å². The van der Waals surface area contributed by atoms with Crippen LogP contribution in [0.4, 0.5) is 4.39 Å². The predicted molar refractivity (Wildman–Crippen MR) is 50.1 cm³/mol. The van der Waals surface area contributed by atoms with Gasteiger partial charge in [-0.25, -0.2) is 9.18 Å². The Bertz CT molecular complexity index is 395. The van der Waals surface area contributed by atoms with Gasteiger partial charge in [0.25, 0.3) is 0 Å². The SMILES string of the molecule is Cc1c(F)ccc(C2CC2)c1C(=O)O. The van der Waals surface area contributed by atoms with Crippen molar-refractivity contribution < 1.29 is 14.3 Å². The van der Waals surface area contributed by atoms with E-state index in [-0.39, 0.29) is 11.1 Å². The average molecular weight is 194 g/mol. The Labute approximate surface area is 81.4 Å². The Morgan fingerprint density at radius 1 is 1.50 bits per heavy atom. The molecular formula is C11H11FO2. The molecule has 1 aromatic rings. The first-order valence-electron chi connectivity index (χ1n) is 4.63. The molecule has 1 N–H and O–H groups in total. The third-order valence-electron chi connectivity index (χ3n) is 2.66. The van der Waals surface area contributed by atoms with E-state index in [2.05, 4.69) is 0 Å². The van der Waals surface area contributed by atoms with Crippen molar-refractivity contribution in [3.05, 3.63) is 34.6 Å². The standard InChI is InChI=1S/C11H11FO2/c1-6-9(12)5-4-8(7-2-3-7)10(6)11(13)14/h4-5,7H,2-3H2,1H3,(H,13,14). The van der Waals surface area contributed by atoms with Gasteiger partial charge in [0.2, 0.25) is 0 Å². The van der Waals surface area contributed by atoms with E-state index in [0.717, 1.165) is 18.4 Å². The second kappa shape index (κ2) is 3.08. The minimum absolute atomic E-state index is 0.160. The van der Waals surface area contributed by atoms with Gasteiger partial charge in [-0.05, 0) is 42.9 Å². The first kappa shape index (κ1) is 9.19. The Kier molecular flexibility index (Phi) is 2.02. The zero-order valence-electron chi connectivity index (χ0n) is 7.88. The van der Waals surface area contributed by atoms with Gasteiger partial charge >= 0.3 is 5.97 Å². The monoisotopic (exact) mass is 194 g/mol. The Hall–Kier alpha value is -1.38. The number of carbonyl (C=O) groups is 1. The van der Waals surface area contributed by atoms with Crippen LogP contribution in [0.25, 0.3) is 0 Å². The van der Waals surface area contributed by atoms with E-state index >= 15 is 0 Å². The lowest BCUT2D eigenvalue weighted by Gasteiger charge is -2.08. The fraction of sp³-hybridized carbons (Fsp3) is 0.364. The van der Waals surface area contributed by atoms with Gasteiger partial charge in [0.15, 0.2) is 0 Å². The highest BCUT2D eigenvalue weighted by molar-refractivity contribution is 5.91. The summed E-state index contributed by atoms with van der Waals surface area (Å²) < 4.78 is 13.1. The maximum Gasteiger partial charge on any atom is 0.336 e. The van der Waals surface area contributed by atoms with Gasteiger partial charge in [-0.3, -0.25) is 0 Å². The first-order chi connectivity index (χ1) is 6.61. The minimum Gasteiger partial charge on any atom is -0.478 e. The molecule has 74 valence electrons. The highest BCUT2D eigenvalue weighted by Gasteiger charge is 2.29. The Morgan fingerprint density at radius 2 is 2.14 bits per heavy atom. The van der Waals surface area contributed by atoms with E-state index in [9.17, 15) is 9.18 Å². The lowest BCUT2D eigenvalue weighted by atomic mass is 9.98. The molecule has 0 heterocycles. The van der Waals surface area contributed by atoms with Gasteiger partial charge < -0.3 is 5.11 Å². The number of hydrogen-bond donors (Lipinski definition) is 1. The van der Waals surface area contributed by atoms with Crippen molar-refractivity contribution in [1.29, 1.82) is 0 Å². The molecule has 1 aromatic carbocycles. The fourth-order valence-corrected chi connectivity index (χ4v) is 1.73. The maximum atomic E-state index is 13.1. The van der Waals surface area contributed by atoms with Crippen molar-refractivity contribution in [3.63, 3.8) is 0 Å². The molecule has 1 fully saturated rings. The first-order valence-corrected chi connectivity index (χ1v) is 4.63. The number of rotatable bonds is 2. The molecule has 0 bridgehead atoms. The van der Waals surface area contributed by atoms with Crippen molar-refractivity contribution in [1.82, 2.24) is 0 Å². The van der Waals surface area contributed by atoms with Crippen LogP contribution in [-0.2, 0) is 0 Å². The van der Waals surface area contributed by atoms with Crippen molar-refractivity contribution in [2.75, 3.05) is 0 Å². The summed E-state index contributed by atoms with van der Waals surface area (Å²) in [5, 5.41) is 8.98. The smallest absolute Gasteiger partial charge is 0.336 e. The average Bonchev–Trinajstić information content (AvgIpc) is 2.91. The highest BCUT2D eigenvalue weighted by Crippen LogP contribution is 2.42. The van der Waals surface area contributed by atoms with Crippen LogP contribution in [0.3, 0.4) is 0 Å². The number of aromatic carboxylic acids is 1. The van der Waals surface area contributed by atoms with Crippen LogP contribution in [0.2, 0.25) is 0 Å². The van der Waals surface area contributed by atoms with Crippen LogP contribution >= 0.6 is 0 Å². The van der Waals surface area contributed by atoms with Crippen LogP contribution in [0.15, 0.2) is 12.1 Å². The molecule has 0 saturated heterocycles. The topological polar surface area (TPSA) is 37.3 Å². The summed E-state index contributed by atoms with van der Waals surface area (Å²) >= 11 is 0. The van der Waals surface area contributed by atoms with Gasteiger partial charge in [-0.2, -0.15) is 0 Å². The lowest BCUT2D eigenvalue weighted by Crippen LogP contribution is -2.06. The molecule has 1 aliphatic rings. The zero-order chi connectivity index (χ0) is 10.3. The van der Waals surface area contributed by atoms with Crippen LogP contribution in [0, 0.1) is 12.7 Å². The number of carboxylic acids is 1. The molecule has 0 aromatic heterocycles. The summed E-state index contributed by atoms with van der Waals surface area (Å²) in [6, 6.07) is 2.96. The molecule has 0 spiro atoms. The molecule has 0 unspecified atom stereocenters. The predicted octanol–water partition coefficient (Wildman–Crippen LogP) is 2.71. The summed E-state index contributed by atoms with van der Waals surface area (Å²) in [6.45, 7) is 1.52. The van der Waals surface area contributed by atoms with Crippen LogP contribution in [0.5, 0.6) is 0 Å². The number of halogens is 1. The van der Waals surface area contributed by atoms with E-state index in [0.29, 0.717) is 5.92 Å². The molecule has 2 nitrogen and oxygen atoms in total. The molecule has 1 aliphatic carbocycles. The quantitative estimate of drug-likeness (QED) is 0.785. The highest BCUT2D eigenvalue weighted by atomic mass is 19.1. The Balaban J connectivity index is 2.59. The summed E-state index contributed by atoms with van der Waals surface area (Å²) in [5.41, 5.74) is 1.20. The van der Waals surface area contributed by atoms with Crippen molar-refractivity contribution in [2.45, 2.75) is 25.7 Å². The molecule has 2 rings (SSSR count). The summed E-state index contributed by atoms with van der Waals surface area (Å²) in [5.74, 6) is -1.13. The summed E-state index contributed by atoms with van der Waals surface area (Å²) in [6.07, 6.45) is 2.04. The van der Waals surface area contributed by atoms with Gasteiger partial charge in [0.05, 0.1) is 5.56 Å². The minimum atomic E-state index is -1.02. The summed E-state index contributed by atoms with van der Waals surface area (Å²) in [7, 11) is 0. The molecule has 0 amide bonds. The zero-order valence-corrected chi connectivity index (χ0v) is 7.88. The normalized spacial score (nSPS) is 15.6. The molecular weight excluding hydrogens is 183 g/mol. The van der Waals surface area contributed by atoms with Gasteiger partial charge in [0, 0.05) is 0 Å². The van der Waals surface area contributed by atoms with E-state index in [4.69, 9.17) is 5.11 Å². The van der Waals surface area contributed by atoms with Gasteiger partial charge in [-0.15, -0.1) is 0 Å². The van der Waals surface area contributed by atoms with E-state index in [1.54, 1.807) is 6.07 Å². The third kappa shape index (κ3) is 1.39. The number of hydrogen-bond acceptors (Lipinski definition) is 1. The van der Waals surface area contributed by atoms with Crippen molar-refractivity contribution in [3.8, 4) is 0 Å². The molecule has 0 aliphatic heterocycles. The van der Waals surface area contributed by atoms with E-state index in [1.165, 1.54) is 13.0 Å². The molecule has 14 heavy (non-hydrogen) atoms. The molecule has 3 heteroatoms. The number of carboxylic acid groups (broad SMARTS) is 1. The molecule has 0 atom stereocenters. The molecule has 0 radical (unpaired) electrons.